The van der Waals surface area contributed by atoms with Crippen molar-refractivity contribution in [3.63, 3.8) is 0 Å². The molecule has 8 heteroatoms. The molecule has 0 saturated heterocycles. The third kappa shape index (κ3) is 7.84. The van der Waals surface area contributed by atoms with Gasteiger partial charge in [0.2, 0.25) is 5.91 Å². The highest BCUT2D eigenvalue weighted by Crippen LogP contribution is 2.26. The van der Waals surface area contributed by atoms with Crippen LogP contribution in [0.25, 0.3) is 0 Å². The standard InChI is InChI=1S/C19H33N5O2S/c1-4-26-13-7-11-20-19(22-14-18(25)24(2)3)21-12-10-17-23-15-8-5-6-9-16(15)27-17/h4-14H2,1-3H3,(H2,20,21,22). The molecule has 7 nitrogen and oxygen atoms in total. The molecule has 0 spiro atoms. The van der Waals surface area contributed by atoms with Gasteiger partial charge in [-0.05, 0) is 39.0 Å². The van der Waals surface area contributed by atoms with Gasteiger partial charge in [0.15, 0.2) is 5.96 Å². The molecular weight excluding hydrogens is 362 g/mol. The van der Waals surface area contributed by atoms with Crippen molar-refractivity contribution < 1.29 is 9.53 Å². The molecule has 2 rings (SSSR count). The molecular formula is C19H33N5O2S. The molecule has 0 atom stereocenters. The minimum Gasteiger partial charge on any atom is -0.382 e. The highest BCUT2D eigenvalue weighted by Gasteiger charge is 2.14. The maximum Gasteiger partial charge on any atom is 0.243 e. The largest absolute Gasteiger partial charge is 0.382 e. The number of hydrogen-bond acceptors (Lipinski definition) is 5. The molecule has 1 aromatic rings. The van der Waals surface area contributed by atoms with E-state index in [9.17, 15) is 4.79 Å². The molecule has 0 unspecified atom stereocenters. The first-order chi connectivity index (χ1) is 13.1. The third-order valence-corrected chi connectivity index (χ3v) is 5.57. The van der Waals surface area contributed by atoms with Crippen molar-refractivity contribution in [1.82, 2.24) is 20.5 Å². The molecule has 1 aliphatic rings. The topological polar surface area (TPSA) is 78.8 Å². The zero-order valence-electron chi connectivity index (χ0n) is 16.8. The normalized spacial score (nSPS) is 14.0. The fourth-order valence-electron chi connectivity index (χ4n) is 2.79. The van der Waals surface area contributed by atoms with E-state index in [-0.39, 0.29) is 12.5 Å². The van der Waals surface area contributed by atoms with Gasteiger partial charge in [-0.15, -0.1) is 11.3 Å². The van der Waals surface area contributed by atoms with Gasteiger partial charge in [-0.2, -0.15) is 0 Å². The summed E-state index contributed by atoms with van der Waals surface area (Å²) in [7, 11) is 3.48. The van der Waals surface area contributed by atoms with Crippen LogP contribution >= 0.6 is 11.3 Å². The van der Waals surface area contributed by atoms with Crippen LogP contribution in [0.1, 0.15) is 41.8 Å². The summed E-state index contributed by atoms with van der Waals surface area (Å²) in [6.45, 7) is 5.09. The summed E-state index contributed by atoms with van der Waals surface area (Å²) < 4.78 is 5.36. The molecule has 0 saturated carbocycles. The van der Waals surface area contributed by atoms with Crippen LogP contribution in [0.4, 0.5) is 0 Å². The number of carbonyl (C=O) groups is 1. The second-order valence-electron chi connectivity index (χ2n) is 6.79. The lowest BCUT2D eigenvalue weighted by Gasteiger charge is -2.13. The van der Waals surface area contributed by atoms with Crippen molar-refractivity contribution in [2.24, 2.45) is 4.99 Å². The molecule has 0 aromatic carbocycles. The smallest absolute Gasteiger partial charge is 0.243 e. The third-order valence-electron chi connectivity index (χ3n) is 4.35. The molecule has 0 fully saturated rings. The van der Waals surface area contributed by atoms with Crippen LogP contribution in [-0.2, 0) is 28.8 Å². The zero-order chi connectivity index (χ0) is 19.5. The van der Waals surface area contributed by atoms with Gasteiger partial charge in [0.1, 0.15) is 6.54 Å². The Hall–Kier alpha value is -1.67. The fourth-order valence-corrected chi connectivity index (χ4v) is 3.94. The Morgan fingerprint density at radius 1 is 1.26 bits per heavy atom. The van der Waals surface area contributed by atoms with E-state index in [0.29, 0.717) is 5.96 Å². The minimum absolute atomic E-state index is 0.0157. The van der Waals surface area contributed by atoms with Gasteiger partial charge in [-0.3, -0.25) is 4.79 Å². The lowest BCUT2D eigenvalue weighted by molar-refractivity contribution is -0.127. The molecule has 27 heavy (non-hydrogen) atoms. The molecule has 2 N–H and O–H groups in total. The Morgan fingerprint density at radius 2 is 2.04 bits per heavy atom. The van der Waals surface area contributed by atoms with Crippen molar-refractivity contribution in [2.45, 2.75) is 45.4 Å². The summed E-state index contributed by atoms with van der Waals surface area (Å²) in [6.07, 6.45) is 6.63. The molecule has 152 valence electrons. The van der Waals surface area contributed by atoms with Crippen LogP contribution in [0.5, 0.6) is 0 Å². The van der Waals surface area contributed by atoms with Crippen molar-refractivity contribution >= 4 is 23.2 Å². The molecule has 1 aromatic heterocycles. The number of thiazole rings is 1. The minimum atomic E-state index is -0.0157. The molecule has 0 aliphatic heterocycles. The monoisotopic (exact) mass is 395 g/mol. The van der Waals surface area contributed by atoms with Crippen LogP contribution in [0.15, 0.2) is 4.99 Å². The number of hydrogen-bond donors (Lipinski definition) is 2. The second kappa shape index (κ2) is 11.9. The van der Waals surface area contributed by atoms with Crippen LogP contribution in [0.2, 0.25) is 0 Å². The van der Waals surface area contributed by atoms with Crippen molar-refractivity contribution in [3.8, 4) is 0 Å². The number of ether oxygens (including phenoxy) is 1. The Bertz CT molecular complexity index is 592. The van der Waals surface area contributed by atoms with E-state index in [2.05, 4.69) is 15.6 Å². The lowest BCUT2D eigenvalue weighted by Crippen LogP contribution is -2.40. The molecule has 0 bridgehead atoms. The number of guanidine groups is 1. The predicted octanol–water partition coefficient (Wildman–Crippen LogP) is 1.61. The Balaban J connectivity index is 1.81. The summed E-state index contributed by atoms with van der Waals surface area (Å²) >= 11 is 1.85. The van der Waals surface area contributed by atoms with Gasteiger partial charge >= 0.3 is 0 Å². The van der Waals surface area contributed by atoms with Gasteiger partial charge in [-0.1, -0.05) is 0 Å². The van der Waals surface area contributed by atoms with Crippen molar-refractivity contribution in [2.75, 3.05) is 46.9 Å². The summed E-state index contributed by atoms with van der Waals surface area (Å²) in [6, 6.07) is 0. The number of aliphatic imine (C=N–C) groups is 1. The molecule has 1 amide bonds. The maximum atomic E-state index is 11.8. The van der Waals surface area contributed by atoms with Crippen molar-refractivity contribution in [1.29, 1.82) is 0 Å². The molecule has 0 radical (unpaired) electrons. The average molecular weight is 396 g/mol. The highest BCUT2D eigenvalue weighted by molar-refractivity contribution is 7.11. The van der Waals surface area contributed by atoms with Crippen LogP contribution in [-0.4, -0.2) is 68.7 Å². The average Bonchev–Trinajstić information content (AvgIpc) is 3.07. The van der Waals surface area contributed by atoms with Crippen LogP contribution < -0.4 is 10.6 Å². The number of amides is 1. The van der Waals surface area contributed by atoms with E-state index in [1.807, 2.05) is 18.3 Å². The molecule has 1 heterocycles. The number of fused-ring (bicyclic) bond motifs is 1. The van der Waals surface area contributed by atoms with Gasteiger partial charge in [-0.25, -0.2) is 9.98 Å². The number of nitrogens with one attached hydrogen (secondary N) is 2. The highest BCUT2D eigenvalue weighted by atomic mass is 32.1. The first-order valence-electron chi connectivity index (χ1n) is 9.87. The van der Waals surface area contributed by atoms with E-state index in [1.165, 1.54) is 34.8 Å². The Morgan fingerprint density at radius 3 is 2.78 bits per heavy atom. The van der Waals surface area contributed by atoms with E-state index in [0.717, 1.165) is 45.6 Å². The Labute approximate surface area is 166 Å². The van der Waals surface area contributed by atoms with Gasteiger partial charge in [0.25, 0.3) is 0 Å². The first kappa shape index (κ1) is 21.6. The summed E-state index contributed by atoms with van der Waals surface area (Å²) in [5.41, 5.74) is 1.31. The quantitative estimate of drug-likeness (QED) is 0.358. The number of aryl methyl sites for hydroxylation is 2. The Kier molecular flexibility index (Phi) is 9.55. The number of rotatable bonds is 10. The van der Waals surface area contributed by atoms with Crippen molar-refractivity contribution in [3.05, 3.63) is 15.6 Å². The zero-order valence-corrected chi connectivity index (χ0v) is 17.7. The van der Waals surface area contributed by atoms with E-state index >= 15 is 0 Å². The SMILES string of the molecule is CCOCCCNC(=NCC(=O)N(C)C)NCCc1nc2c(s1)CCCC2. The van der Waals surface area contributed by atoms with Crippen LogP contribution in [0, 0.1) is 0 Å². The maximum absolute atomic E-state index is 11.8. The number of carbonyl (C=O) groups excluding carboxylic acids is 1. The van der Waals surface area contributed by atoms with Crippen LogP contribution in [0.3, 0.4) is 0 Å². The fraction of sp³-hybridized carbons (Fsp3) is 0.737. The van der Waals surface area contributed by atoms with Gasteiger partial charge in [0, 0.05) is 51.7 Å². The molecule has 1 aliphatic carbocycles. The second-order valence-corrected chi connectivity index (χ2v) is 7.96. The summed E-state index contributed by atoms with van der Waals surface area (Å²) in [5.74, 6) is 0.654. The van der Waals surface area contributed by atoms with Gasteiger partial charge < -0.3 is 20.3 Å². The summed E-state index contributed by atoms with van der Waals surface area (Å²) in [4.78, 5) is 24.0. The van der Waals surface area contributed by atoms with E-state index < -0.39 is 0 Å². The van der Waals surface area contributed by atoms with E-state index in [4.69, 9.17) is 9.72 Å². The summed E-state index contributed by atoms with van der Waals surface area (Å²) in [5, 5.41) is 7.80. The predicted molar refractivity (Wildman–Crippen MR) is 111 cm³/mol. The lowest BCUT2D eigenvalue weighted by atomic mass is 10.0. The number of nitrogens with zero attached hydrogens (tertiary/aromatic N) is 3. The van der Waals surface area contributed by atoms with Gasteiger partial charge in [0.05, 0.1) is 10.7 Å². The first-order valence-corrected chi connectivity index (χ1v) is 10.7. The number of aromatic nitrogens is 1. The van der Waals surface area contributed by atoms with E-state index in [1.54, 1.807) is 19.0 Å². The number of likely N-dealkylation sites (N-methyl/N-ethyl adjacent to an activating group) is 1.